The first-order valence-electron chi connectivity index (χ1n) is 5.26. The van der Waals surface area contributed by atoms with Crippen LogP contribution in [0.4, 0.5) is 5.69 Å². The molecule has 0 aromatic heterocycles. The molecule has 0 radical (unpaired) electrons. The molecule has 1 unspecified atom stereocenters. The Labute approximate surface area is 99.6 Å². The fourth-order valence-corrected chi connectivity index (χ4v) is 2.21. The third-order valence-corrected chi connectivity index (χ3v) is 3.12. The highest BCUT2D eigenvalue weighted by atomic mass is 35.5. The summed E-state index contributed by atoms with van der Waals surface area (Å²) in [7, 11) is 0. The van der Waals surface area contributed by atoms with Crippen LogP contribution >= 0.6 is 11.6 Å². The molecule has 3 nitrogen and oxygen atoms in total. The fraction of sp³-hybridized carbons (Fsp3) is 0.417. The summed E-state index contributed by atoms with van der Waals surface area (Å²) in [5, 5.41) is 8.98. The summed E-state index contributed by atoms with van der Waals surface area (Å²) in [6, 6.07) is 5.62. The van der Waals surface area contributed by atoms with E-state index in [0.717, 1.165) is 16.8 Å². The molecule has 1 heterocycles. The Bertz CT molecular complexity index is 419. The number of aryl methyl sites for hydroxylation is 1. The summed E-state index contributed by atoms with van der Waals surface area (Å²) >= 11 is 5.97. The molecule has 1 aliphatic heterocycles. The predicted molar refractivity (Wildman–Crippen MR) is 63.7 cm³/mol. The highest BCUT2D eigenvalue weighted by Crippen LogP contribution is 2.28. The highest BCUT2D eigenvalue weighted by Gasteiger charge is 2.29. The number of anilines is 1. The lowest BCUT2D eigenvalue weighted by atomic mass is 10.1. The Morgan fingerprint density at radius 2 is 2.31 bits per heavy atom. The van der Waals surface area contributed by atoms with Gasteiger partial charge in [-0.15, -0.1) is 11.6 Å². The molecule has 16 heavy (non-hydrogen) atoms. The van der Waals surface area contributed by atoms with Gasteiger partial charge in [0.2, 0.25) is 5.91 Å². The average molecular weight is 240 g/mol. The van der Waals surface area contributed by atoms with Crippen molar-refractivity contribution in [1.29, 1.82) is 0 Å². The topological polar surface area (TPSA) is 40.5 Å². The van der Waals surface area contributed by atoms with Crippen molar-refractivity contribution in [2.75, 3.05) is 11.4 Å². The molecule has 2 rings (SSSR count). The van der Waals surface area contributed by atoms with Crippen LogP contribution in [0.3, 0.4) is 0 Å². The summed E-state index contributed by atoms with van der Waals surface area (Å²) in [5.74, 6) is 0.0539. The van der Waals surface area contributed by atoms with Crippen LogP contribution in [0.2, 0.25) is 0 Å². The van der Waals surface area contributed by atoms with E-state index in [-0.39, 0.29) is 17.9 Å². The standard InChI is InChI=1S/C12H14ClNO2/c1-8-2-3-9(7-15)4-11(8)14-6-10(13)5-12(14)16/h2-4,10,15H,5-7H2,1H3. The van der Waals surface area contributed by atoms with Gasteiger partial charge in [0.05, 0.1) is 12.0 Å². The van der Waals surface area contributed by atoms with E-state index in [1.165, 1.54) is 0 Å². The van der Waals surface area contributed by atoms with Crippen LogP contribution in [0, 0.1) is 6.92 Å². The van der Waals surface area contributed by atoms with Gasteiger partial charge in [0.25, 0.3) is 0 Å². The maximum atomic E-state index is 11.7. The summed E-state index contributed by atoms with van der Waals surface area (Å²) in [4.78, 5) is 13.4. The first kappa shape index (κ1) is 11.4. The number of rotatable bonds is 2. The molecule has 1 amide bonds. The minimum atomic E-state index is -0.107. The lowest BCUT2D eigenvalue weighted by Crippen LogP contribution is -2.25. The fourth-order valence-electron chi connectivity index (χ4n) is 1.94. The van der Waals surface area contributed by atoms with E-state index in [1.807, 2.05) is 25.1 Å². The largest absolute Gasteiger partial charge is 0.392 e. The van der Waals surface area contributed by atoms with E-state index in [4.69, 9.17) is 16.7 Å². The molecule has 0 aliphatic carbocycles. The molecule has 1 aliphatic rings. The summed E-state index contributed by atoms with van der Waals surface area (Å²) < 4.78 is 0. The Morgan fingerprint density at radius 3 is 2.88 bits per heavy atom. The second-order valence-electron chi connectivity index (χ2n) is 4.08. The average Bonchev–Trinajstić information content (AvgIpc) is 2.58. The van der Waals surface area contributed by atoms with Crippen LogP contribution in [0.25, 0.3) is 0 Å². The normalized spacial score (nSPS) is 20.6. The second-order valence-corrected chi connectivity index (χ2v) is 4.70. The van der Waals surface area contributed by atoms with Crippen LogP contribution in [-0.2, 0) is 11.4 Å². The Balaban J connectivity index is 2.35. The van der Waals surface area contributed by atoms with Crippen molar-refractivity contribution in [3.63, 3.8) is 0 Å². The molecule has 1 N–H and O–H groups in total. The molecule has 1 atom stereocenters. The zero-order chi connectivity index (χ0) is 11.7. The molecular weight excluding hydrogens is 226 g/mol. The molecular formula is C12H14ClNO2. The molecule has 0 saturated carbocycles. The number of benzene rings is 1. The van der Waals surface area contributed by atoms with Gasteiger partial charge in [-0.3, -0.25) is 4.79 Å². The van der Waals surface area contributed by atoms with Crippen molar-refractivity contribution in [3.05, 3.63) is 29.3 Å². The van der Waals surface area contributed by atoms with Crippen molar-refractivity contribution in [3.8, 4) is 0 Å². The van der Waals surface area contributed by atoms with Gasteiger partial charge in [0, 0.05) is 18.7 Å². The zero-order valence-corrected chi connectivity index (χ0v) is 9.87. The van der Waals surface area contributed by atoms with Crippen LogP contribution in [0.1, 0.15) is 17.5 Å². The van der Waals surface area contributed by atoms with Crippen molar-refractivity contribution >= 4 is 23.2 Å². The van der Waals surface area contributed by atoms with Crippen molar-refractivity contribution in [1.82, 2.24) is 0 Å². The Morgan fingerprint density at radius 1 is 1.56 bits per heavy atom. The van der Waals surface area contributed by atoms with Gasteiger partial charge in [-0.2, -0.15) is 0 Å². The quantitative estimate of drug-likeness (QED) is 0.800. The number of amides is 1. The minimum absolute atomic E-state index is 0.0143. The molecule has 86 valence electrons. The minimum Gasteiger partial charge on any atom is -0.392 e. The van der Waals surface area contributed by atoms with Gasteiger partial charge in [-0.05, 0) is 24.1 Å². The van der Waals surface area contributed by atoms with Gasteiger partial charge >= 0.3 is 0 Å². The van der Waals surface area contributed by atoms with Gasteiger partial charge in [0.1, 0.15) is 0 Å². The second kappa shape index (κ2) is 4.44. The van der Waals surface area contributed by atoms with E-state index in [1.54, 1.807) is 4.90 Å². The van der Waals surface area contributed by atoms with Crippen LogP contribution in [-0.4, -0.2) is 22.9 Å². The van der Waals surface area contributed by atoms with Crippen LogP contribution in [0.5, 0.6) is 0 Å². The number of hydrogen-bond donors (Lipinski definition) is 1. The number of aliphatic hydroxyl groups excluding tert-OH is 1. The number of halogens is 1. The third kappa shape index (κ3) is 2.06. The predicted octanol–water partition coefficient (Wildman–Crippen LogP) is 1.83. The number of carbonyl (C=O) groups is 1. The number of alkyl halides is 1. The van der Waals surface area contributed by atoms with Gasteiger partial charge < -0.3 is 10.0 Å². The molecule has 1 aromatic rings. The maximum Gasteiger partial charge on any atom is 0.228 e. The van der Waals surface area contributed by atoms with Crippen molar-refractivity contribution in [2.24, 2.45) is 0 Å². The van der Waals surface area contributed by atoms with E-state index < -0.39 is 0 Å². The van der Waals surface area contributed by atoms with Gasteiger partial charge in [0.15, 0.2) is 0 Å². The SMILES string of the molecule is Cc1ccc(CO)cc1N1CC(Cl)CC1=O. The zero-order valence-electron chi connectivity index (χ0n) is 9.11. The number of hydrogen-bond acceptors (Lipinski definition) is 2. The molecule has 1 saturated heterocycles. The molecule has 4 heteroatoms. The molecule has 0 spiro atoms. The van der Waals surface area contributed by atoms with E-state index in [9.17, 15) is 4.79 Å². The monoisotopic (exact) mass is 239 g/mol. The van der Waals surface area contributed by atoms with E-state index in [0.29, 0.717) is 13.0 Å². The third-order valence-electron chi connectivity index (χ3n) is 2.82. The first-order valence-corrected chi connectivity index (χ1v) is 5.70. The number of carbonyl (C=O) groups excluding carboxylic acids is 1. The molecule has 1 aromatic carbocycles. The van der Waals surface area contributed by atoms with Crippen LogP contribution < -0.4 is 4.90 Å². The van der Waals surface area contributed by atoms with E-state index >= 15 is 0 Å². The summed E-state index contributed by atoms with van der Waals surface area (Å²) in [5.41, 5.74) is 2.70. The lowest BCUT2D eigenvalue weighted by Gasteiger charge is -2.19. The smallest absolute Gasteiger partial charge is 0.228 e. The molecule has 0 bridgehead atoms. The van der Waals surface area contributed by atoms with Crippen molar-refractivity contribution in [2.45, 2.75) is 25.3 Å². The lowest BCUT2D eigenvalue weighted by molar-refractivity contribution is -0.117. The Kier molecular flexibility index (Phi) is 3.17. The maximum absolute atomic E-state index is 11.7. The summed E-state index contributed by atoms with van der Waals surface area (Å²) in [6.45, 7) is 2.49. The van der Waals surface area contributed by atoms with E-state index in [2.05, 4.69) is 0 Å². The summed E-state index contributed by atoms with van der Waals surface area (Å²) in [6.07, 6.45) is 0.393. The van der Waals surface area contributed by atoms with Crippen LogP contribution in [0.15, 0.2) is 18.2 Å². The first-order chi connectivity index (χ1) is 7.61. The highest BCUT2D eigenvalue weighted by molar-refractivity contribution is 6.24. The van der Waals surface area contributed by atoms with Gasteiger partial charge in [-0.1, -0.05) is 12.1 Å². The number of aliphatic hydroxyl groups is 1. The van der Waals surface area contributed by atoms with Gasteiger partial charge in [-0.25, -0.2) is 0 Å². The molecule has 1 fully saturated rings. The number of nitrogens with zero attached hydrogens (tertiary/aromatic N) is 1. The van der Waals surface area contributed by atoms with Crippen molar-refractivity contribution < 1.29 is 9.90 Å². The Hall–Kier alpha value is -1.06.